The van der Waals surface area contributed by atoms with Crippen molar-refractivity contribution in [1.29, 1.82) is 5.26 Å². The fourth-order valence-electron chi connectivity index (χ4n) is 0.697. The SMILES string of the molecule is N#CC[Se]C#Cc1ccc(Cl)cc1. The Morgan fingerprint density at radius 1 is 1.31 bits per heavy atom. The van der Waals surface area contributed by atoms with E-state index in [0.717, 1.165) is 5.56 Å². The molecule has 0 heterocycles. The molecular formula is C10H6ClNSe. The van der Waals surface area contributed by atoms with Crippen molar-refractivity contribution < 1.29 is 0 Å². The maximum atomic E-state index is 8.28. The van der Waals surface area contributed by atoms with Crippen LogP contribution in [0.1, 0.15) is 5.56 Å². The molecule has 0 atom stereocenters. The van der Waals surface area contributed by atoms with E-state index in [9.17, 15) is 0 Å². The zero-order chi connectivity index (χ0) is 9.52. The summed E-state index contributed by atoms with van der Waals surface area (Å²) >= 11 is 5.83. The number of nitriles is 1. The van der Waals surface area contributed by atoms with Gasteiger partial charge in [0.1, 0.15) is 0 Å². The summed E-state index contributed by atoms with van der Waals surface area (Å²) in [5.74, 6) is 2.97. The zero-order valence-corrected chi connectivity index (χ0v) is 9.22. The molecule has 0 aromatic heterocycles. The van der Waals surface area contributed by atoms with Crippen LogP contribution in [0, 0.1) is 22.1 Å². The van der Waals surface area contributed by atoms with Crippen molar-refractivity contribution in [3.05, 3.63) is 34.9 Å². The Kier molecular flexibility index (Phi) is 4.44. The van der Waals surface area contributed by atoms with Crippen molar-refractivity contribution in [2.45, 2.75) is 5.32 Å². The zero-order valence-electron chi connectivity index (χ0n) is 6.75. The van der Waals surface area contributed by atoms with Crippen LogP contribution < -0.4 is 0 Å². The first-order chi connectivity index (χ1) is 6.33. The quantitative estimate of drug-likeness (QED) is 0.429. The molecule has 1 rings (SSSR count). The molecule has 1 aromatic rings. The molecular weight excluding hydrogens is 249 g/mol. The first kappa shape index (κ1) is 10.2. The van der Waals surface area contributed by atoms with Gasteiger partial charge in [-0.05, 0) is 0 Å². The second-order valence-electron chi connectivity index (χ2n) is 2.18. The first-order valence-corrected chi connectivity index (χ1v) is 6.03. The average Bonchev–Trinajstić information content (AvgIpc) is 2.15. The molecule has 0 saturated heterocycles. The summed E-state index contributed by atoms with van der Waals surface area (Å²) in [6, 6.07) is 9.43. The Balaban J connectivity index is 2.58. The van der Waals surface area contributed by atoms with Crippen LogP contribution in [-0.2, 0) is 0 Å². The van der Waals surface area contributed by atoms with Crippen molar-refractivity contribution in [2.24, 2.45) is 0 Å². The van der Waals surface area contributed by atoms with Crippen LogP contribution in [0.4, 0.5) is 0 Å². The minimum absolute atomic E-state index is 0.119. The molecule has 0 N–H and O–H groups in total. The Bertz CT molecular complexity index is 367. The van der Waals surface area contributed by atoms with Crippen LogP contribution in [0.15, 0.2) is 24.3 Å². The van der Waals surface area contributed by atoms with Crippen LogP contribution in [0.5, 0.6) is 0 Å². The van der Waals surface area contributed by atoms with Crippen molar-refractivity contribution in [2.75, 3.05) is 0 Å². The summed E-state index contributed by atoms with van der Waals surface area (Å²) in [7, 11) is 0. The van der Waals surface area contributed by atoms with Gasteiger partial charge >= 0.3 is 88.8 Å². The summed E-state index contributed by atoms with van der Waals surface area (Å²) in [5, 5.41) is 9.55. The van der Waals surface area contributed by atoms with Gasteiger partial charge in [-0.1, -0.05) is 0 Å². The van der Waals surface area contributed by atoms with Gasteiger partial charge in [-0.25, -0.2) is 0 Å². The fraction of sp³-hybridized carbons (Fsp3) is 0.100. The molecule has 0 amide bonds. The molecule has 0 unspecified atom stereocenters. The third kappa shape index (κ3) is 4.02. The molecule has 0 fully saturated rings. The second kappa shape index (κ2) is 5.68. The summed E-state index contributed by atoms with van der Waals surface area (Å²) in [5.41, 5.74) is 0.948. The Morgan fingerprint density at radius 3 is 2.62 bits per heavy atom. The van der Waals surface area contributed by atoms with E-state index in [1.54, 1.807) is 0 Å². The van der Waals surface area contributed by atoms with Gasteiger partial charge in [0.25, 0.3) is 0 Å². The van der Waals surface area contributed by atoms with Gasteiger partial charge < -0.3 is 0 Å². The van der Waals surface area contributed by atoms with Gasteiger partial charge in [0.05, 0.1) is 0 Å². The predicted octanol–water partition coefficient (Wildman–Crippen LogP) is 2.30. The number of hydrogen-bond acceptors (Lipinski definition) is 1. The molecule has 0 saturated carbocycles. The van der Waals surface area contributed by atoms with Crippen molar-refractivity contribution in [3.63, 3.8) is 0 Å². The normalized spacial score (nSPS) is 8.31. The second-order valence-corrected chi connectivity index (χ2v) is 4.26. The van der Waals surface area contributed by atoms with Gasteiger partial charge in [0.15, 0.2) is 0 Å². The minimum atomic E-state index is 0.119. The molecule has 3 heteroatoms. The number of benzene rings is 1. The fourth-order valence-corrected chi connectivity index (χ4v) is 1.51. The van der Waals surface area contributed by atoms with Gasteiger partial charge in [-0.3, -0.25) is 0 Å². The van der Waals surface area contributed by atoms with Crippen LogP contribution in [-0.4, -0.2) is 15.0 Å². The Morgan fingerprint density at radius 2 is 2.00 bits per heavy atom. The van der Waals surface area contributed by atoms with Crippen molar-refractivity contribution >= 4 is 26.6 Å². The first-order valence-electron chi connectivity index (χ1n) is 3.58. The van der Waals surface area contributed by atoms with Crippen molar-refractivity contribution in [1.82, 2.24) is 0 Å². The van der Waals surface area contributed by atoms with Crippen LogP contribution in [0.25, 0.3) is 0 Å². The van der Waals surface area contributed by atoms with Gasteiger partial charge in [-0.15, -0.1) is 0 Å². The molecule has 13 heavy (non-hydrogen) atoms. The molecule has 64 valence electrons. The summed E-state index contributed by atoms with van der Waals surface area (Å²) in [6.07, 6.45) is 0. The number of hydrogen-bond donors (Lipinski definition) is 0. The van der Waals surface area contributed by atoms with E-state index in [0.29, 0.717) is 10.3 Å². The number of nitrogens with zero attached hydrogens (tertiary/aromatic N) is 1. The number of halogens is 1. The summed E-state index contributed by atoms with van der Waals surface area (Å²) in [6.45, 7) is 0. The molecule has 0 spiro atoms. The number of rotatable bonds is 1. The molecule has 0 aliphatic heterocycles. The van der Waals surface area contributed by atoms with Crippen LogP contribution >= 0.6 is 11.6 Å². The van der Waals surface area contributed by atoms with Crippen LogP contribution in [0.2, 0.25) is 10.3 Å². The van der Waals surface area contributed by atoms with E-state index in [-0.39, 0.29) is 15.0 Å². The molecule has 1 nitrogen and oxygen atoms in total. The third-order valence-corrected chi connectivity index (χ3v) is 2.59. The predicted molar refractivity (Wildman–Crippen MR) is 54.5 cm³/mol. The monoisotopic (exact) mass is 255 g/mol. The van der Waals surface area contributed by atoms with E-state index < -0.39 is 0 Å². The van der Waals surface area contributed by atoms with E-state index in [1.807, 2.05) is 24.3 Å². The Hall–Kier alpha value is -0.921. The molecule has 0 radical (unpaired) electrons. The van der Waals surface area contributed by atoms with E-state index in [2.05, 4.69) is 16.8 Å². The summed E-state index contributed by atoms with van der Waals surface area (Å²) < 4.78 is 0. The van der Waals surface area contributed by atoms with E-state index >= 15 is 0 Å². The van der Waals surface area contributed by atoms with Crippen molar-refractivity contribution in [3.8, 4) is 16.8 Å². The Labute approximate surface area is 88.9 Å². The molecule has 0 aliphatic rings. The van der Waals surface area contributed by atoms with E-state index in [4.69, 9.17) is 16.9 Å². The molecule has 1 aromatic carbocycles. The van der Waals surface area contributed by atoms with Gasteiger partial charge in [-0.2, -0.15) is 0 Å². The average molecular weight is 255 g/mol. The topological polar surface area (TPSA) is 23.8 Å². The standard InChI is InChI=1S/C10H6ClNSe/c11-10-3-1-9(2-4-10)5-7-13-8-6-12/h1-4H,8H2. The molecule has 0 bridgehead atoms. The van der Waals surface area contributed by atoms with Gasteiger partial charge in [0, 0.05) is 0 Å². The molecule has 0 aliphatic carbocycles. The van der Waals surface area contributed by atoms with Gasteiger partial charge in [0.2, 0.25) is 0 Å². The summed E-state index contributed by atoms with van der Waals surface area (Å²) in [4.78, 5) is 2.97. The van der Waals surface area contributed by atoms with Crippen LogP contribution in [0.3, 0.4) is 0 Å². The maximum absolute atomic E-state index is 8.28. The third-order valence-electron chi connectivity index (χ3n) is 1.25. The van der Waals surface area contributed by atoms with E-state index in [1.165, 1.54) is 0 Å².